The standard InChI is InChI=1S/C20H24BrNO3/c1-23-19-11-16(12-22-13-17-8-5-9-24-17)10-18(21)20(19)25-14-15-6-3-2-4-7-15/h2-4,6-7,10-11,17,22H,5,8-9,12-14H2,1H3/t17-/m1/s1. The van der Waals surface area contributed by atoms with Crippen molar-refractivity contribution in [3.05, 3.63) is 58.1 Å². The molecule has 0 aliphatic carbocycles. The highest BCUT2D eigenvalue weighted by Gasteiger charge is 2.15. The van der Waals surface area contributed by atoms with Crippen LogP contribution in [0.15, 0.2) is 46.9 Å². The third-order valence-electron chi connectivity index (χ3n) is 4.24. The monoisotopic (exact) mass is 405 g/mol. The van der Waals surface area contributed by atoms with E-state index in [1.165, 1.54) is 6.42 Å². The van der Waals surface area contributed by atoms with Gasteiger partial charge in [0.15, 0.2) is 11.5 Å². The molecule has 2 aromatic carbocycles. The van der Waals surface area contributed by atoms with E-state index in [2.05, 4.69) is 27.3 Å². The Balaban J connectivity index is 1.61. The highest BCUT2D eigenvalue weighted by Crippen LogP contribution is 2.37. The number of methoxy groups -OCH3 is 1. The van der Waals surface area contributed by atoms with Gasteiger partial charge in [0.1, 0.15) is 6.61 Å². The molecule has 0 bridgehead atoms. The maximum atomic E-state index is 5.97. The van der Waals surface area contributed by atoms with Gasteiger partial charge < -0.3 is 19.5 Å². The maximum Gasteiger partial charge on any atom is 0.175 e. The van der Waals surface area contributed by atoms with Crippen molar-refractivity contribution in [3.8, 4) is 11.5 Å². The van der Waals surface area contributed by atoms with Crippen molar-refractivity contribution in [1.29, 1.82) is 0 Å². The summed E-state index contributed by atoms with van der Waals surface area (Å²) < 4.78 is 18.0. The second-order valence-corrected chi connectivity index (χ2v) is 7.00. The minimum atomic E-state index is 0.346. The first kappa shape index (κ1) is 18.2. The summed E-state index contributed by atoms with van der Waals surface area (Å²) >= 11 is 3.61. The molecule has 2 aromatic rings. The first-order chi connectivity index (χ1) is 12.3. The fraction of sp³-hybridized carbons (Fsp3) is 0.400. The largest absolute Gasteiger partial charge is 0.493 e. The van der Waals surface area contributed by atoms with Crippen molar-refractivity contribution in [1.82, 2.24) is 5.32 Å². The molecule has 1 N–H and O–H groups in total. The van der Waals surface area contributed by atoms with Gasteiger partial charge in [-0.15, -0.1) is 0 Å². The first-order valence-electron chi connectivity index (χ1n) is 8.61. The number of ether oxygens (including phenoxy) is 3. The Labute approximate surface area is 157 Å². The molecule has 1 fully saturated rings. The van der Waals surface area contributed by atoms with Crippen molar-refractivity contribution in [2.24, 2.45) is 0 Å². The molecule has 0 aromatic heterocycles. The Kier molecular flexibility index (Phi) is 6.73. The quantitative estimate of drug-likeness (QED) is 0.710. The fourth-order valence-corrected chi connectivity index (χ4v) is 3.53. The van der Waals surface area contributed by atoms with E-state index >= 15 is 0 Å². The lowest BCUT2D eigenvalue weighted by molar-refractivity contribution is 0.110. The van der Waals surface area contributed by atoms with Crippen LogP contribution in [-0.2, 0) is 17.9 Å². The molecule has 3 rings (SSSR count). The molecule has 4 nitrogen and oxygen atoms in total. The third kappa shape index (κ3) is 5.21. The summed E-state index contributed by atoms with van der Waals surface area (Å²) in [7, 11) is 1.67. The summed E-state index contributed by atoms with van der Waals surface area (Å²) in [6.45, 7) is 3.05. The van der Waals surface area contributed by atoms with Crippen molar-refractivity contribution < 1.29 is 14.2 Å². The molecule has 1 saturated heterocycles. The minimum absolute atomic E-state index is 0.346. The van der Waals surface area contributed by atoms with E-state index in [-0.39, 0.29) is 0 Å². The fourth-order valence-electron chi connectivity index (χ4n) is 2.93. The molecule has 25 heavy (non-hydrogen) atoms. The van der Waals surface area contributed by atoms with Crippen LogP contribution in [0.25, 0.3) is 0 Å². The number of hydrogen-bond donors (Lipinski definition) is 1. The van der Waals surface area contributed by atoms with Gasteiger partial charge in [-0.3, -0.25) is 0 Å². The maximum absolute atomic E-state index is 5.97. The zero-order valence-corrected chi connectivity index (χ0v) is 16.1. The van der Waals surface area contributed by atoms with Crippen LogP contribution in [0.4, 0.5) is 0 Å². The Morgan fingerprint density at radius 3 is 2.76 bits per heavy atom. The van der Waals surface area contributed by atoms with Crippen LogP contribution in [0.1, 0.15) is 24.0 Å². The molecule has 1 aliphatic heterocycles. The van der Waals surface area contributed by atoms with E-state index in [0.29, 0.717) is 12.7 Å². The smallest absolute Gasteiger partial charge is 0.175 e. The molecule has 0 unspecified atom stereocenters. The lowest BCUT2D eigenvalue weighted by Crippen LogP contribution is -2.25. The average Bonchev–Trinajstić information content (AvgIpc) is 3.15. The minimum Gasteiger partial charge on any atom is -0.493 e. The lowest BCUT2D eigenvalue weighted by atomic mass is 10.2. The second-order valence-electron chi connectivity index (χ2n) is 6.15. The van der Waals surface area contributed by atoms with Crippen LogP contribution in [-0.4, -0.2) is 26.4 Å². The molecule has 134 valence electrons. The van der Waals surface area contributed by atoms with E-state index in [0.717, 1.165) is 53.2 Å². The molecule has 1 atom stereocenters. The number of benzene rings is 2. The summed E-state index contributed by atoms with van der Waals surface area (Å²) in [5.41, 5.74) is 2.27. The molecule has 1 heterocycles. The molecule has 0 spiro atoms. The Bertz CT molecular complexity index is 672. The van der Waals surface area contributed by atoms with Crippen molar-refractivity contribution in [2.45, 2.75) is 32.1 Å². The van der Waals surface area contributed by atoms with E-state index in [4.69, 9.17) is 14.2 Å². The summed E-state index contributed by atoms with van der Waals surface area (Å²) in [5, 5.41) is 3.46. The molecule has 5 heteroatoms. The van der Waals surface area contributed by atoms with Crippen LogP contribution >= 0.6 is 15.9 Å². The van der Waals surface area contributed by atoms with Gasteiger partial charge >= 0.3 is 0 Å². The SMILES string of the molecule is COc1cc(CNC[C@H]2CCCO2)cc(Br)c1OCc1ccccc1. The molecular formula is C20H24BrNO3. The van der Waals surface area contributed by atoms with Crippen molar-refractivity contribution in [3.63, 3.8) is 0 Å². The van der Waals surface area contributed by atoms with Crippen LogP contribution in [0.2, 0.25) is 0 Å². The number of nitrogens with one attached hydrogen (secondary N) is 1. The van der Waals surface area contributed by atoms with Crippen LogP contribution < -0.4 is 14.8 Å². The Morgan fingerprint density at radius 2 is 2.04 bits per heavy atom. The number of halogens is 1. The normalized spacial score (nSPS) is 16.8. The van der Waals surface area contributed by atoms with Gasteiger partial charge in [0.2, 0.25) is 0 Å². The highest BCUT2D eigenvalue weighted by atomic mass is 79.9. The van der Waals surface area contributed by atoms with Gasteiger partial charge in [-0.1, -0.05) is 30.3 Å². The first-order valence-corrected chi connectivity index (χ1v) is 9.41. The molecule has 0 amide bonds. The zero-order chi connectivity index (χ0) is 17.5. The van der Waals surface area contributed by atoms with Gasteiger partial charge in [0.25, 0.3) is 0 Å². The van der Waals surface area contributed by atoms with Gasteiger partial charge in [0, 0.05) is 19.7 Å². The predicted octanol–water partition coefficient (Wildman–Crippen LogP) is 4.31. The predicted molar refractivity (Wildman–Crippen MR) is 102 cm³/mol. The summed E-state index contributed by atoms with van der Waals surface area (Å²) in [6.07, 6.45) is 2.66. The van der Waals surface area contributed by atoms with Crippen molar-refractivity contribution >= 4 is 15.9 Å². The van der Waals surface area contributed by atoms with Gasteiger partial charge in [-0.05, 0) is 52.0 Å². The molecular weight excluding hydrogens is 382 g/mol. The van der Waals surface area contributed by atoms with Gasteiger partial charge in [-0.2, -0.15) is 0 Å². The number of rotatable bonds is 8. The highest BCUT2D eigenvalue weighted by molar-refractivity contribution is 9.10. The van der Waals surface area contributed by atoms with Gasteiger partial charge in [0.05, 0.1) is 17.7 Å². The molecule has 0 saturated carbocycles. The number of hydrogen-bond acceptors (Lipinski definition) is 4. The topological polar surface area (TPSA) is 39.7 Å². The Morgan fingerprint density at radius 1 is 1.20 bits per heavy atom. The lowest BCUT2D eigenvalue weighted by Gasteiger charge is -2.15. The molecule has 1 aliphatic rings. The Hall–Kier alpha value is -1.56. The van der Waals surface area contributed by atoms with Crippen LogP contribution in [0.3, 0.4) is 0 Å². The van der Waals surface area contributed by atoms with Crippen LogP contribution in [0.5, 0.6) is 11.5 Å². The summed E-state index contributed by atoms with van der Waals surface area (Å²) in [5.74, 6) is 1.47. The van der Waals surface area contributed by atoms with E-state index in [1.807, 2.05) is 36.4 Å². The summed E-state index contributed by atoms with van der Waals surface area (Å²) in [4.78, 5) is 0. The van der Waals surface area contributed by atoms with E-state index in [9.17, 15) is 0 Å². The van der Waals surface area contributed by atoms with E-state index < -0.39 is 0 Å². The molecule has 0 radical (unpaired) electrons. The van der Waals surface area contributed by atoms with E-state index in [1.54, 1.807) is 7.11 Å². The summed E-state index contributed by atoms with van der Waals surface area (Å²) in [6, 6.07) is 14.2. The third-order valence-corrected chi connectivity index (χ3v) is 4.83. The van der Waals surface area contributed by atoms with Crippen LogP contribution in [0, 0.1) is 0 Å². The zero-order valence-electron chi connectivity index (χ0n) is 14.5. The van der Waals surface area contributed by atoms with Gasteiger partial charge in [-0.25, -0.2) is 0 Å². The van der Waals surface area contributed by atoms with Crippen molar-refractivity contribution in [2.75, 3.05) is 20.3 Å². The second kappa shape index (κ2) is 9.22. The average molecular weight is 406 g/mol.